The number of nitrogens with zero attached hydrogens (tertiary/aromatic N) is 2. The molecule has 1 heterocycles. The lowest BCUT2D eigenvalue weighted by Crippen LogP contribution is -1.90. The van der Waals surface area contributed by atoms with Gasteiger partial charge in [-0.05, 0) is 30.3 Å². The Morgan fingerprint density at radius 2 is 1.81 bits per heavy atom. The molecule has 6 heteroatoms. The lowest BCUT2D eigenvalue weighted by Gasteiger charge is -2.09. The summed E-state index contributed by atoms with van der Waals surface area (Å²) < 4.78 is 5.80. The molecular weight excluding hydrogens is 270 g/mol. The number of hydrogen-bond donors (Lipinski definition) is 1. The summed E-state index contributed by atoms with van der Waals surface area (Å²) in [6.45, 7) is 0. The Labute approximate surface area is 120 Å². The maximum Gasteiger partial charge on any atom is 0.269 e. The molecule has 0 saturated carbocycles. The minimum Gasteiger partial charge on any atom is -0.457 e. The van der Waals surface area contributed by atoms with E-state index in [9.17, 15) is 10.1 Å². The highest BCUT2D eigenvalue weighted by molar-refractivity contribution is 5.67. The average Bonchev–Trinajstić information content (AvgIpc) is 3.02. The highest BCUT2D eigenvalue weighted by Crippen LogP contribution is 2.32. The lowest BCUT2D eigenvalue weighted by atomic mass is 10.1. The minimum atomic E-state index is -0.442. The van der Waals surface area contributed by atoms with Crippen LogP contribution in [-0.4, -0.2) is 15.1 Å². The molecule has 3 rings (SSSR count). The van der Waals surface area contributed by atoms with Gasteiger partial charge >= 0.3 is 0 Å². The van der Waals surface area contributed by atoms with Crippen molar-refractivity contribution in [3.05, 3.63) is 70.9 Å². The van der Waals surface area contributed by atoms with Gasteiger partial charge in [-0.15, -0.1) is 0 Å². The average molecular weight is 281 g/mol. The number of hydrogen-bond acceptors (Lipinski definition) is 4. The van der Waals surface area contributed by atoms with Crippen LogP contribution in [0.3, 0.4) is 0 Å². The summed E-state index contributed by atoms with van der Waals surface area (Å²) in [6, 6.07) is 15.3. The van der Waals surface area contributed by atoms with Crippen molar-refractivity contribution in [3.63, 3.8) is 0 Å². The summed E-state index contributed by atoms with van der Waals surface area (Å²) in [5.74, 6) is 1.18. The van der Waals surface area contributed by atoms with Gasteiger partial charge in [0, 0.05) is 23.9 Å². The standard InChI is InChI=1S/C15H11N3O3/c19-18(20)11-5-7-12(8-6-11)21-15-4-2-1-3-13(15)14-9-10-16-17-14/h1-10H,(H,16,17). The first-order valence-corrected chi connectivity index (χ1v) is 6.25. The molecule has 6 nitrogen and oxygen atoms in total. The summed E-state index contributed by atoms with van der Waals surface area (Å²) in [7, 11) is 0. The maximum absolute atomic E-state index is 10.6. The van der Waals surface area contributed by atoms with E-state index in [4.69, 9.17) is 4.74 Å². The van der Waals surface area contributed by atoms with Gasteiger partial charge in [0.1, 0.15) is 11.5 Å². The Hall–Kier alpha value is -3.15. The highest BCUT2D eigenvalue weighted by atomic mass is 16.6. The second kappa shape index (κ2) is 5.46. The number of ether oxygens (including phenoxy) is 1. The molecule has 0 spiro atoms. The lowest BCUT2D eigenvalue weighted by molar-refractivity contribution is -0.384. The fourth-order valence-corrected chi connectivity index (χ4v) is 1.95. The maximum atomic E-state index is 10.6. The fraction of sp³-hybridized carbons (Fsp3) is 0. The quantitative estimate of drug-likeness (QED) is 0.583. The van der Waals surface area contributed by atoms with Crippen molar-refractivity contribution in [2.24, 2.45) is 0 Å². The largest absolute Gasteiger partial charge is 0.457 e. The van der Waals surface area contributed by atoms with Crippen molar-refractivity contribution in [2.45, 2.75) is 0 Å². The number of para-hydroxylation sites is 1. The van der Waals surface area contributed by atoms with Crippen LogP contribution in [0.25, 0.3) is 11.3 Å². The van der Waals surface area contributed by atoms with Crippen LogP contribution < -0.4 is 4.74 Å². The van der Waals surface area contributed by atoms with Gasteiger partial charge in [0.05, 0.1) is 10.6 Å². The summed E-state index contributed by atoms with van der Waals surface area (Å²) in [5.41, 5.74) is 1.74. The van der Waals surface area contributed by atoms with Gasteiger partial charge in [0.15, 0.2) is 0 Å². The van der Waals surface area contributed by atoms with Crippen LogP contribution in [0.2, 0.25) is 0 Å². The van der Waals surface area contributed by atoms with E-state index in [0.29, 0.717) is 11.5 Å². The molecule has 21 heavy (non-hydrogen) atoms. The number of aromatic nitrogens is 2. The van der Waals surface area contributed by atoms with E-state index < -0.39 is 4.92 Å². The van der Waals surface area contributed by atoms with Crippen molar-refractivity contribution in [1.29, 1.82) is 0 Å². The zero-order valence-corrected chi connectivity index (χ0v) is 10.9. The number of nitro groups is 1. The smallest absolute Gasteiger partial charge is 0.269 e. The van der Waals surface area contributed by atoms with E-state index in [-0.39, 0.29) is 5.69 Å². The van der Waals surface area contributed by atoms with Gasteiger partial charge in [-0.25, -0.2) is 0 Å². The molecule has 0 radical (unpaired) electrons. The van der Waals surface area contributed by atoms with Crippen LogP contribution >= 0.6 is 0 Å². The molecule has 0 bridgehead atoms. The summed E-state index contributed by atoms with van der Waals surface area (Å²) in [4.78, 5) is 10.2. The molecule has 0 fully saturated rings. The second-order valence-corrected chi connectivity index (χ2v) is 4.32. The van der Waals surface area contributed by atoms with Gasteiger partial charge in [0.2, 0.25) is 0 Å². The normalized spacial score (nSPS) is 10.3. The van der Waals surface area contributed by atoms with Crippen molar-refractivity contribution in [3.8, 4) is 22.8 Å². The molecule has 0 aliphatic heterocycles. The summed E-state index contributed by atoms with van der Waals surface area (Å²) in [6.07, 6.45) is 1.66. The van der Waals surface area contributed by atoms with E-state index >= 15 is 0 Å². The number of H-pyrrole nitrogens is 1. The Balaban J connectivity index is 1.90. The number of aromatic amines is 1. The molecule has 0 aliphatic rings. The van der Waals surface area contributed by atoms with E-state index in [1.54, 1.807) is 18.3 Å². The summed E-state index contributed by atoms with van der Waals surface area (Å²) >= 11 is 0. The van der Waals surface area contributed by atoms with Gasteiger partial charge in [-0.2, -0.15) is 5.10 Å². The number of nitrogens with one attached hydrogen (secondary N) is 1. The van der Waals surface area contributed by atoms with Gasteiger partial charge in [-0.1, -0.05) is 12.1 Å². The molecular formula is C15H11N3O3. The minimum absolute atomic E-state index is 0.0317. The number of benzene rings is 2. The molecule has 3 aromatic rings. The Bertz CT molecular complexity index is 752. The fourth-order valence-electron chi connectivity index (χ4n) is 1.95. The zero-order chi connectivity index (χ0) is 14.7. The first kappa shape index (κ1) is 12.9. The number of rotatable bonds is 4. The number of non-ortho nitro benzene ring substituents is 1. The Morgan fingerprint density at radius 3 is 2.48 bits per heavy atom. The second-order valence-electron chi connectivity index (χ2n) is 4.32. The van der Waals surface area contributed by atoms with Gasteiger partial charge < -0.3 is 4.74 Å². The van der Waals surface area contributed by atoms with Crippen molar-refractivity contribution < 1.29 is 9.66 Å². The van der Waals surface area contributed by atoms with E-state index in [1.807, 2.05) is 30.3 Å². The van der Waals surface area contributed by atoms with Crippen molar-refractivity contribution in [2.75, 3.05) is 0 Å². The Kier molecular flexibility index (Phi) is 3.34. The van der Waals surface area contributed by atoms with Crippen LogP contribution in [0.5, 0.6) is 11.5 Å². The van der Waals surface area contributed by atoms with Crippen LogP contribution in [0.15, 0.2) is 60.8 Å². The van der Waals surface area contributed by atoms with Crippen LogP contribution in [0.1, 0.15) is 0 Å². The van der Waals surface area contributed by atoms with Gasteiger partial charge in [0.25, 0.3) is 5.69 Å². The molecule has 0 aliphatic carbocycles. The van der Waals surface area contributed by atoms with Crippen LogP contribution in [0, 0.1) is 10.1 Å². The van der Waals surface area contributed by atoms with Crippen molar-refractivity contribution >= 4 is 5.69 Å². The summed E-state index contributed by atoms with van der Waals surface area (Å²) in [5, 5.41) is 17.4. The molecule has 1 aromatic heterocycles. The number of nitro benzene ring substituents is 1. The molecule has 0 unspecified atom stereocenters. The Morgan fingerprint density at radius 1 is 1.05 bits per heavy atom. The molecule has 2 aromatic carbocycles. The molecule has 0 saturated heterocycles. The first-order valence-electron chi connectivity index (χ1n) is 6.25. The first-order chi connectivity index (χ1) is 10.2. The third-order valence-electron chi connectivity index (χ3n) is 2.95. The van der Waals surface area contributed by atoms with Crippen LogP contribution in [-0.2, 0) is 0 Å². The predicted octanol–water partition coefficient (Wildman–Crippen LogP) is 3.78. The van der Waals surface area contributed by atoms with Crippen LogP contribution in [0.4, 0.5) is 5.69 Å². The topological polar surface area (TPSA) is 81.1 Å². The highest BCUT2D eigenvalue weighted by Gasteiger charge is 2.09. The zero-order valence-electron chi connectivity index (χ0n) is 10.9. The van der Waals surface area contributed by atoms with Crippen molar-refractivity contribution in [1.82, 2.24) is 10.2 Å². The van der Waals surface area contributed by atoms with E-state index in [0.717, 1.165) is 11.3 Å². The monoisotopic (exact) mass is 281 g/mol. The van der Waals surface area contributed by atoms with Gasteiger partial charge in [-0.3, -0.25) is 15.2 Å². The SMILES string of the molecule is O=[N+]([O-])c1ccc(Oc2ccccc2-c2ccn[nH]2)cc1. The van der Waals surface area contributed by atoms with E-state index in [1.165, 1.54) is 12.1 Å². The third kappa shape index (κ3) is 2.74. The molecule has 1 N–H and O–H groups in total. The molecule has 104 valence electrons. The third-order valence-corrected chi connectivity index (χ3v) is 2.95. The molecule has 0 atom stereocenters. The van der Waals surface area contributed by atoms with E-state index in [2.05, 4.69) is 10.2 Å². The predicted molar refractivity (Wildman–Crippen MR) is 77.2 cm³/mol. The molecule has 0 amide bonds.